The van der Waals surface area contributed by atoms with Gasteiger partial charge in [-0.25, -0.2) is 4.79 Å². The highest BCUT2D eigenvalue weighted by Gasteiger charge is 2.20. The summed E-state index contributed by atoms with van der Waals surface area (Å²) in [5.41, 5.74) is 0.917. The summed E-state index contributed by atoms with van der Waals surface area (Å²) in [6.07, 6.45) is 1.95. The normalized spacial score (nSPS) is 19.1. The molecule has 0 bridgehead atoms. The second kappa shape index (κ2) is 6.92. The van der Waals surface area contributed by atoms with E-state index in [2.05, 4.69) is 5.32 Å². The molecule has 1 amide bonds. The predicted octanol–water partition coefficient (Wildman–Crippen LogP) is 1.23. The number of alkyl carbamates (subject to hydrolysis) is 1. The summed E-state index contributed by atoms with van der Waals surface area (Å²) in [5, 5.41) is 12.2. The third kappa shape index (κ3) is 4.39. The Kier molecular flexibility index (Phi) is 4.94. The standard InChI is InChI=1S/C14H17NO4/c16-12(13-7-4-8-18-13)9-15-14(17)19-10-11-5-2-1-3-6-11/h1-7,12-13,16H,8-10H2,(H,15,17)/t12-,13+/m1/s1. The Hall–Kier alpha value is -1.85. The molecule has 1 aliphatic heterocycles. The van der Waals surface area contributed by atoms with Gasteiger partial charge in [-0.1, -0.05) is 42.5 Å². The lowest BCUT2D eigenvalue weighted by atomic mass is 10.2. The number of amides is 1. The van der Waals surface area contributed by atoms with E-state index in [4.69, 9.17) is 9.47 Å². The molecule has 0 saturated heterocycles. The van der Waals surface area contributed by atoms with E-state index in [0.717, 1.165) is 5.56 Å². The highest BCUT2D eigenvalue weighted by molar-refractivity contribution is 5.67. The molecule has 5 heteroatoms. The average molecular weight is 263 g/mol. The first-order chi connectivity index (χ1) is 9.25. The molecular weight excluding hydrogens is 246 g/mol. The van der Waals surface area contributed by atoms with Gasteiger partial charge in [-0.3, -0.25) is 0 Å². The van der Waals surface area contributed by atoms with Gasteiger partial charge in [0.1, 0.15) is 18.8 Å². The largest absolute Gasteiger partial charge is 0.445 e. The summed E-state index contributed by atoms with van der Waals surface area (Å²) < 4.78 is 10.2. The highest BCUT2D eigenvalue weighted by Crippen LogP contribution is 2.07. The molecule has 1 aromatic rings. The molecule has 0 fully saturated rings. The fraction of sp³-hybridized carbons (Fsp3) is 0.357. The van der Waals surface area contributed by atoms with Gasteiger partial charge in [0.25, 0.3) is 0 Å². The lowest BCUT2D eigenvalue weighted by Gasteiger charge is -2.16. The fourth-order valence-corrected chi connectivity index (χ4v) is 1.73. The van der Waals surface area contributed by atoms with Crippen LogP contribution < -0.4 is 5.32 Å². The van der Waals surface area contributed by atoms with Gasteiger partial charge in [-0.15, -0.1) is 0 Å². The molecule has 2 atom stereocenters. The van der Waals surface area contributed by atoms with Crippen LogP contribution in [-0.2, 0) is 16.1 Å². The minimum Gasteiger partial charge on any atom is -0.445 e. The van der Waals surface area contributed by atoms with Crippen LogP contribution in [-0.4, -0.2) is 36.6 Å². The zero-order valence-corrected chi connectivity index (χ0v) is 10.5. The first kappa shape index (κ1) is 13.6. The van der Waals surface area contributed by atoms with E-state index >= 15 is 0 Å². The number of ether oxygens (including phenoxy) is 2. The van der Waals surface area contributed by atoms with Crippen LogP contribution in [0.15, 0.2) is 42.5 Å². The third-order valence-electron chi connectivity index (χ3n) is 2.76. The van der Waals surface area contributed by atoms with E-state index in [0.29, 0.717) is 6.61 Å². The summed E-state index contributed by atoms with van der Waals surface area (Å²) in [6, 6.07) is 9.40. The van der Waals surface area contributed by atoms with Crippen molar-refractivity contribution in [2.45, 2.75) is 18.8 Å². The lowest BCUT2D eigenvalue weighted by molar-refractivity contribution is 0.0136. The topological polar surface area (TPSA) is 67.8 Å². The predicted molar refractivity (Wildman–Crippen MR) is 69.5 cm³/mol. The van der Waals surface area contributed by atoms with Crippen molar-refractivity contribution in [1.29, 1.82) is 0 Å². The van der Waals surface area contributed by atoms with Gasteiger partial charge in [-0.05, 0) is 5.56 Å². The maximum absolute atomic E-state index is 11.4. The number of aliphatic hydroxyl groups is 1. The summed E-state index contributed by atoms with van der Waals surface area (Å²) in [4.78, 5) is 11.4. The molecule has 0 spiro atoms. The van der Waals surface area contributed by atoms with Crippen molar-refractivity contribution in [3.63, 3.8) is 0 Å². The first-order valence-corrected chi connectivity index (χ1v) is 6.16. The van der Waals surface area contributed by atoms with Crippen LogP contribution in [0.25, 0.3) is 0 Å². The van der Waals surface area contributed by atoms with Crippen molar-refractivity contribution in [1.82, 2.24) is 5.32 Å². The van der Waals surface area contributed by atoms with Gasteiger partial charge >= 0.3 is 6.09 Å². The van der Waals surface area contributed by atoms with Gasteiger partial charge in [0.15, 0.2) is 0 Å². The molecule has 0 aromatic heterocycles. The first-order valence-electron chi connectivity index (χ1n) is 6.16. The van der Waals surface area contributed by atoms with E-state index in [1.807, 2.05) is 36.4 Å². The number of aliphatic hydroxyl groups excluding tert-OH is 1. The molecule has 1 aliphatic rings. The number of carbonyl (C=O) groups is 1. The van der Waals surface area contributed by atoms with Crippen LogP contribution in [0.1, 0.15) is 5.56 Å². The Morgan fingerprint density at radius 1 is 1.47 bits per heavy atom. The molecule has 0 saturated carbocycles. The van der Waals surface area contributed by atoms with Gasteiger partial charge in [0.2, 0.25) is 0 Å². The quantitative estimate of drug-likeness (QED) is 0.784. The molecule has 1 aromatic carbocycles. The molecule has 102 valence electrons. The average Bonchev–Trinajstić information content (AvgIpc) is 2.98. The van der Waals surface area contributed by atoms with E-state index in [1.165, 1.54) is 0 Å². The molecular formula is C14H17NO4. The summed E-state index contributed by atoms with van der Waals surface area (Å²) in [5.74, 6) is 0. The van der Waals surface area contributed by atoms with Gasteiger partial charge < -0.3 is 19.9 Å². The Balaban J connectivity index is 1.65. The fourth-order valence-electron chi connectivity index (χ4n) is 1.73. The minimum atomic E-state index is -0.761. The minimum absolute atomic E-state index is 0.0998. The van der Waals surface area contributed by atoms with Crippen LogP contribution >= 0.6 is 0 Å². The second-order valence-electron chi connectivity index (χ2n) is 4.24. The molecule has 0 radical (unpaired) electrons. The smallest absolute Gasteiger partial charge is 0.407 e. The maximum atomic E-state index is 11.4. The van der Waals surface area contributed by atoms with Crippen molar-refractivity contribution < 1.29 is 19.4 Å². The van der Waals surface area contributed by atoms with Crippen molar-refractivity contribution in [2.75, 3.05) is 13.2 Å². The van der Waals surface area contributed by atoms with Gasteiger partial charge in [-0.2, -0.15) is 0 Å². The molecule has 2 N–H and O–H groups in total. The number of hydrogen-bond donors (Lipinski definition) is 2. The maximum Gasteiger partial charge on any atom is 0.407 e. The molecule has 5 nitrogen and oxygen atoms in total. The van der Waals surface area contributed by atoms with Crippen LogP contribution in [0, 0.1) is 0 Å². The Morgan fingerprint density at radius 2 is 2.26 bits per heavy atom. The zero-order chi connectivity index (χ0) is 13.5. The number of rotatable bonds is 5. The van der Waals surface area contributed by atoms with Crippen molar-refractivity contribution in [2.24, 2.45) is 0 Å². The molecule has 19 heavy (non-hydrogen) atoms. The van der Waals surface area contributed by atoms with E-state index in [9.17, 15) is 9.90 Å². The van der Waals surface area contributed by atoms with Gasteiger partial charge in [0, 0.05) is 6.54 Å². The third-order valence-corrected chi connectivity index (χ3v) is 2.76. The summed E-state index contributed by atoms with van der Waals surface area (Å²) in [6.45, 7) is 0.811. The lowest BCUT2D eigenvalue weighted by Crippen LogP contribution is -2.38. The summed E-state index contributed by atoms with van der Waals surface area (Å²) in [7, 11) is 0. The number of benzene rings is 1. The Morgan fingerprint density at radius 3 is 2.95 bits per heavy atom. The molecule has 2 rings (SSSR count). The van der Waals surface area contributed by atoms with E-state index in [-0.39, 0.29) is 19.3 Å². The van der Waals surface area contributed by atoms with Crippen molar-refractivity contribution >= 4 is 6.09 Å². The molecule has 1 heterocycles. The van der Waals surface area contributed by atoms with Gasteiger partial charge in [0.05, 0.1) is 6.61 Å². The van der Waals surface area contributed by atoms with Crippen LogP contribution in [0.4, 0.5) is 4.79 Å². The van der Waals surface area contributed by atoms with Crippen LogP contribution in [0.5, 0.6) is 0 Å². The van der Waals surface area contributed by atoms with Crippen LogP contribution in [0.2, 0.25) is 0 Å². The number of nitrogens with one attached hydrogen (secondary N) is 1. The zero-order valence-electron chi connectivity index (χ0n) is 10.5. The summed E-state index contributed by atoms with van der Waals surface area (Å²) >= 11 is 0. The number of carbonyl (C=O) groups excluding carboxylic acids is 1. The highest BCUT2D eigenvalue weighted by atomic mass is 16.5. The van der Waals surface area contributed by atoms with Crippen molar-refractivity contribution in [3.05, 3.63) is 48.0 Å². The Bertz CT molecular complexity index is 432. The van der Waals surface area contributed by atoms with E-state index in [1.54, 1.807) is 6.08 Å². The van der Waals surface area contributed by atoms with Crippen molar-refractivity contribution in [3.8, 4) is 0 Å². The van der Waals surface area contributed by atoms with E-state index < -0.39 is 12.2 Å². The SMILES string of the molecule is O=C(NC[C@@H](O)[C@@H]1C=CCO1)OCc1ccccc1. The molecule has 0 unspecified atom stereocenters. The monoisotopic (exact) mass is 263 g/mol. The number of hydrogen-bond acceptors (Lipinski definition) is 4. The second-order valence-corrected chi connectivity index (χ2v) is 4.24. The van der Waals surface area contributed by atoms with Crippen LogP contribution in [0.3, 0.4) is 0 Å². The molecule has 0 aliphatic carbocycles. The Labute approximate surface area is 111 Å².